The molecule has 0 bridgehead atoms. The lowest BCUT2D eigenvalue weighted by atomic mass is 9.91. The molecule has 3 aliphatic rings. The molecule has 3 fully saturated rings. The van der Waals surface area contributed by atoms with Crippen molar-refractivity contribution in [2.24, 2.45) is 0 Å². The molecule has 6 rings (SSSR count). The van der Waals surface area contributed by atoms with Crippen LogP contribution in [0.1, 0.15) is 44.6 Å². The largest absolute Gasteiger partial charge is 0.472 e. The molecule has 0 unspecified atom stereocenters. The Morgan fingerprint density at radius 1 is 1.00 bits per heavy atom. The van der Waals surface area contributed by atoms with Crippen LogP contribution in [0.15, 0.2) is 29.1 Å². The number of nitrogens with zero attached hydrogens (tertiary/aromatic N) is 5. The normalized spacial score (nSPS) is 24.2. The van der Waals surface area contributed by atoms with Gasteiger partial charge in [-0.1, -0.05) is 0 Å². The number of hydrogen-bond acceptors (Lipinski definition) is 9. The highest BCUT2D eigenvalue weighted by atomic mass is 35.5. The summed E-state index contributed by atoms with van der Waals surface area (Å²) in [5.74, 6) is 1.01. The van der Waals surface area contributed by atoms with Crippen LogP contribution in [0.4, 0.5) is 11.6 Å². The van der Waals surface area contributed by atoms with Crippen LogP contribution in [0.25, 0.3) is 11.1 Å². The minimum Gasteiger partial charge on any atom is -0.472 e. The van der Waals surface area contributed by atoms with Gasteiger partial charge < -0.3 is 24.5 Å². The fraction of sp³-hybridized carbons (Fsp3) is 0.625. The molecule has 2 N–H and O–H groups in total. The number of piperidine rings is 1. The third-order valence-electron chi connectivity index (χ3n) is 7.30. The molecule has 3 aromatic rings. The molecule has 1 aliphatic carbocycles. The van der Waals surface area contributed by atoms with Crippen molar-refractivity contribution in [2.75, 3.05) is 44.7 Å². The van der Waals surface area contributed by atoms with Crippen molar-refractivity contribution in [3.8, 4) is 5.88 Å². The number of nitrogens with one attached hydrogen (secondary N) is 2. The summed E-state index contributed by atoms with van der Waals surface area (Å²) in [5.41, 5.74) is 2.21. The van der Waals surface area contributed by atoms with Crippen molar-refractivity contribution in [1.82, 2.24) is 30.0 Å². The molecular weight excluding hydrogens is 470 g/mol. The molecule has 3 aromatic heterocycles. The molecule has 190 valence electrons. The first-order valence-corrected chi connectivity index (χ1v) is 12.6. The number of ether oxygens (including phenoxy) is 2. The fourth-order valence-electron chi connectivity index (χ4n) is 5.40. The average molecular weight is 504 g/mol. The number of furan rings is 1. The Hall–Kier alpha value is -2.40. The van der Waals surface area contributed by atoms with E-state index in [1.807, 2.05) is 23.1 Å². The van der Waals surface area contributed by atoms with E-state index < -0.39 is 0 Å². The number of fused-ring (bicyclic) bond motifs is 1. The summed E-state index contributed by atoms with van der Waals surface area (Å²) in [6, 6.07) is 2.91. The molecule has 0 aromatic carbocycles. The third kappa shape index (κ3) is 5.55. The lowest BCUT2D eigenvalue weighted by Crippen LogP contribution is -2.46. The van der Waals surface area contributed by atoms with Gasteiger partial charge in [0.1, 0.15) is 11.6 Å². The van der Waals surface area contributed by atoms with Crippen LogP contribution >= 0.6 is 12.4 Å². The Bertz CT molecular complexity index is 1090. The van der Waals surface area contributed by atoms with Crippen LogP contribution in [-0.4, -0.2) is 76.2 Å². The molecule has 0 amide bonds. The van der Waals surface area contributed by atoms with Gasteiger partial charge in [-0.05, 0) is 51.6 Å². The first kappa shape index (κ1) is 24.3. The summed E-state index contributed by atoms with van der Waals surface area (Å²) >= 11 is 0. The zero-order chi connectivity index (χ0) is 22.7. The topological polar surface area (TPSA) is 102 Å². The Balaban J connectivity index is 0.00000253. The van der Waals surface area contributed by atoms with Crippen LogP contribution in [0, 0.1) is 0 Å². The van der Waals surface area contributed by atoms with Gasteiger partial charge >= 0.3 is 0 Å². The predicted molar refractivity (Wildman–Crippen MR) is 135 cm³/mol. The van der Waals surface area contributed by atoms with Crippen LogP contribution in [0.5, 0.6) is 5.88 Å². The van der Waals surface area contributed by atoms with Crippen LogP contribution in [0.2, 0.25) is 0 Å². The minimum absolute atomic E-state index is 0. The molecule has 35 heavy (non-hydrogen) atoms. The second-order valence-electron chi connectivity index (χ2n) is 9.50. The maximum absolute atomic E-state index is 6.39. The van der Waals surface area contributed by atoms with Gasteiger partial charge in [-0.15, -0.1) is 12.4 Å². The molecule has 0 spiro atoms. The molecule has 0 atom stereocenters. The summed E-state index contributed by atoms with van der Waals surface area (Å²) in [7, 11) is 0. The first-order chi connectivity index (χ1) is 16.8. The summed E-state index contributed by atoms with van der Waals surface area (Å²) in [4.78, 5) is 11.9. The van der Waals surface area contributed by atoms with Crippen LogP contribution < -0.4 is 15.4 Å². The molecule has 0 radical (unpaired) electrons. The van der Waals surface area contributed by atoms with E-state index in [2.05, 4.69) is 30.6 Å². The standard InChI is InChI=1S/C24H33N7O3.ClH/c1-3-20(4-2-18(1)30-10-13-32-14-11-30)34-23-22-21(7-12-33-22)28-24(29-23)27-17-15-26-31(16-17)19-5-8-25-9-6-19;/h7,12,15-16,18-20,25H,1-6,8-11,13-14H2,(H,27,28,29);1H. The van der Waals surface area contributed by atoms with E-state index in [0.29, 0.717) is 29.5 Å². The molecule has 5 heterocycles. The van der Waals surface area contributed by atoms with Gasteiger partial charge in [-0.25, -0.2) is 4.98 Å². The first-order valence-electron chi connectivity index (χ1n) is 12.6. The number of hydrogen-bond donors (Lipinski definition) is 2. The van der Waals surface area contributed by atoms with E-state index in [1.54, 1.807) is 6.26 Å². The predicted octanol–water partition coefficient (Wildman–Crippen LogP) is 3.53. The van der Waals surface area contributed by atoms with E-state index in [4.69, 9.17) is 13.9 Å². The Morgan fingerprint density at radius 3 is 2.60 bits per heavy atom. The third-order valence-corrected chi connectivity index (χ3v) is 7.30. The van der Waals surface area contributed by atoms with E-state index >= 15 is 0 Å². The van der Waals surface area contributed by atoms with E-state index in [-0.39, 0.29) is 18.5 Å². The molecule has 1 saturated carbocycles. The Labute approximate surface area is 211 Å². The molecule has 2 saturated heterocycles. The van der Waals surface area contributed by atoms with Gasteiger partial charge in [0.05, 0.1) is 37.4 Å². The zero-order valence-corrected chi connectivity index (χ0v) is 20.7. The molecule has 11 heteroatoms. The van der Waals surface area contributed by atoms with Crippen molar-refractivity contribution >= 4 is 35.1 Å². The van der Waals surface area contributed by atoms with Gasteiger partial charge in [-0.2, -0.15) is 10.1 Å². The van der Waals surface area contributed by atoms with E-state index in [9.17, 15) is 0 Å². The van der Waals surface area contributed by atoms with Crippen molar-refractivity contribution in [1.29, 1.82) is 0 Å². The summed E-state index contributed by atoms with van der Waals surface area (Å²) in [5, 5.41) is 11.3. The lowest BCUT2D eigenvalue weighted by molar-refractivity contribution is -0.00133. The lowest BCUT2D eigenvalue weighted by Gasteiger charge is -2.38. The molecular formula is C24H34ClN7O3. The van der Waals surface area contributed by atoms with Crippen molar-refractivity contribution in [3.05, 3.63) is 24.7 Å². The number of anilines is 2. The van der Waals surface area contributed by atoms with Crippen molar-refractivity contribution in [3.63, 3.8) is 0 Å². The average Bonchev–Trinajstić information content (AvgIpc) is 3.56. The molecule has 2 aliphatic heterocycles. The van der Waals surface area contributed by atoms with E-state index in [0.717, 1.165) is 89.1 Å². The highest BCUT2D eigenvalue weighted by molar-refractivity contribution is 5.85. The van der Waals surface area contributed by atoms with Gasteiger partial charge in [0.25, 0.3) is 5.88 Å². The summed E-state index contributed by atoms with van der Waals surface area (Å²) in [6.07, 6.45) is 12.1. The van der Waals surface area contributed by atoms with Crippen LogP contribution in [-0.2, 0) is 4.74 Å². The fourth-order valence-corrected chi connectivity index (χ4v) is 5.40. The number of morpholine rings is 1. The van der Waals surface area contributed by atoms with Crippen molar-refractivity contribution < 1.29 is 13.9 Å². The highest BCUT2D eigenvalue weighted by Crippen LogP contribution is 2.31. The van der Waals surface area contributed by atoms with E-state index in [1.165, 1.54) is 0 Å². The summed E-state index contributed by atoms with van der Waals surface area (Å²) in [6.45, 7) is 5.84. The van der Waals surface area contributed by atoms with Crippen LogP contribution in [0.3, 0.4) is 0 Å². The SMILES string of the molecule is Cl.c1cc2nc(Nc3cnn(C4CCNCC4)c3)nc(OC3CCC(N4CCOCC4)CC3)c2o1. The van der Waals surface area contributed by atoms with Crippen molar-refractivity contribution in [2.45, 2.75) is 56.7 Å². The maximum Gasteiger partial charge on any atom is 0.263 e. The number of halogens is 1. The van der Waals surface area contributed by atoms with Gasteiger partial charge in [0.2, 0.25) is 11.5 Å². The number of rotatable bonds is 6. The second-order valence-corrected chi connectivity index (χ2v) is 9.50. The smallest absolute Gasteiger partial charge is 0.263 e. The van der Waals surface area contributed by atoms with Gasteiger partial charge in [0.15, 0.2) is 0 Å². The Kier molecular flexibility index (Phi) is 7.72. The quantitative estimate of drug-likeness (QED) is 0.522. The van der Waals surface area contributed by atoms with Gasteiger partial charge in [-0.3, -0.25) is 9.58 Å². The minimum atomic E-state index is 0. The monoisotopic (exact) mass is 503 g/mol. The Morgan fingerprint density at radius 2 is 1.80 bits per heavy atom. The maximum atomic E-state index is 6.39. The highest BCUT2D eigenvalue weighted by Gasteiger charge is 2.29. The zero-order valence-electron chi connectivity index (χ0n) is 19.9. The number of aromatic nitrogens is 4. The van der Waals surface area contributed by atoms with Gasteiger partial charge in [0, 0.05) is 31.4 Å². The molecule has 10 nitrogen and oxygen atoms in total. The summed E-state index contributed by atoms with van der Waals surface area (Å²) < 4.78 is 19.6. The second kappa shape index (κ2) is 11.1.